The molecule has 0 unspecified atom stereocenters. The lowest BCUT2D eigenvalue weighted by Gasteiger charge is -2.27. The molecule has 0 aliphatic carbocycles. The van der Waals surface area contributed by atoms with E-state index >= 15 is 0 Å². The van der Waals surface area contributed by atoms with Crippen LogP contribution in [-0.2, 0) is 9.59 Å². The summed E-state index contributed by atoms with van der Waals surface area (Å²) in [4.78, 5) is 23.9. The largest absolute Gasteiger partial charge is 0.480 e. The average Bonchev–Trinajstić information content (AvgIpc) is 2.80. The Morgan fingerprint density at radius 1 is 1.45 bits per heavy atom. The van der Waals surface area contributed by atoms with E-state index in [1.165, 1.54) is 0 Å². The number of alkyl halides is 3. The highest BCUT2D eigenvalue weighted by atomic mass is 19.4. The monoisotopic (exact) mass is 296 g/mol. The molecule has 1 aliphatic rings. The summed E-state index contributed by atoms with van der Waals surface area (Å²) in [5.41, 5.74) is 5.70. The number of hydrogen-bond acceptors (Lipinski definition) is 3. The molecule has 5 nitrogen and oxygen atoms in total. The predicted molar refractivity (Wildman–Crippen MR) is 64.7 cm³/mol. The first-order valence-corrected chi connectivity index (χ1v) is 6.45. The van der Waals surface area contributed by atoms with Crippen LogP contribution >= 0.6 is 0 Å². The maximum atomic E-state index is 12.7. The summed E-state index contributed by atoms with van der Waals surface area (Å²) >= 11 is 0. The number of rotatable bonds is 4. The third kappa shape index (κ3) is 3.41. The van der Waals surface area contributed by atoms with Gasteiger partial charge in [0.15, 0.2) is 0 Å². The van der Waals surface area contributed by atoms with Crippen LogP contribution in [0, 0.1) is 11.8 Å². The number of carboxylic acids is 1. The molecule has 0 aromatic heterocycles. The van der Waals surface area contributed by atoms with Gasteiger partial charge in [0, 0.05) is 6.54 Å². The maximum absolute atomic E-state index is 12.7. The zero-order valence-corrected chi connectivity index (χ0v) is 11.4. The van der Waals surface area contributed by atoms with E-state index in [2.05, 4.69) is 0 Å². The SMILES string of the molecule is CC[C@H](C)[C@H](N)C(=O)N1C[C@H](C(F)(F)F)C[C@H]1C(=O)O. The Hall–Kier alpha value is -1.31. The van der Waals surface area contributed by atoms with Gasteiger partial charge in [0.05, 0.1) is 12.0 Å². The Kier molecular flexibility index (Phi) is 5.01. The van der Waals surface area contributed by atoms with E-state index in [-0.39, 0.29) is 5.92 Å². The van der Waals surface area contributed by atoms with Gasteiger partial charge in [-0.15, -0.1) is 0 Å². The van der Waals surface area contributed by atoms with Crippen LogP contribution in [-0.4, -0.2) is 46.7 Å². The normalized spacial score (nSPS) is 26.4. The molecule has 1 rings (SSSR count). The molecule has 0 aromatic rings. The zero-order chi connectivity index (χ0) is 15.7. The molecule has 20 heavy (non-hydrogen) atoms. The molecule has 0 aromatic carbocycles. The number of likely N-dealkylation sites (tertiary alicyclic amines) is 1. The number of halogens is 3. The quantitative estimate of drug-likeness (QED) is 0.817. The Labute approximate surface area is 114 Å². The van der Waals surface area contributed by atoms with Crippen molar-refractivity contribution in [1.82, 2.24) is 4.90 Å². The molecule has 0 radical (unpaired) electrons. The fourth-order valence-electron chi connectivity index (χ4n) is 2.24. The first-order valence-electron chi connectivity index (χ1n) is 6.45. The van der Waals surface area contributed by atoms with Gasteiger partial charge in [0.25, 0.3) is 0 Å². The van der Waals surface area contributed by atoms with Crippen molar-refractivity contribution < 1.29 is 27.9 Å². The Balaban J connectivity index is 2.91. The number of amides is 1. The maximum Gasteiger partial charge on any atom is 0.393 e. The second kappa shape index (κ2) is 5.99. The van der Waals surface area contributed by atoms with Gasteiger partial charge in [-0.25, -0.2) is 4.79 Å². The van der Waals surface area contributed by atoms with Crippen molar-refractivity contribution in [2.45, 2.75) is 44.9 Å². The van der Waals surface area contributed by atoms with Crippen molar-refractivity contribution in [3.05, 3.63) is 0 Å². The van der Waals surface area contributed by atoms with Crippen LogP contribution in [0.4, 0.5) is 13.2 Å². The molecule has 1 heterocycles. The molecule has 116 valence electrons. The van der Waals surface area contributed by atoms with Crippen molar-refractivity contribution >= 4 is 11.9 Å². The van der Waals surface area contributed by atoms with Crippen LogP contribution in [0.15, 0.2) is 0 Å². The van der Waals surface area contributed by atoms with E-state index in [0.717, 1.165) is 4.90 Å². The molecule has 8 heteroatoms. The van der Waals surface area contributed by atoms with Crippen LogP contribution in [0.25, 0.3) is 0 Å². The van der Waals surface area contributed by atoms with E-state index in [4.69, 9.17) is 10.8 Å². The summed E-state index contributed by atoms with van der Waals surface area (Å²) in [6.45, 7) is 2.87. The molecule has 1 amide bonds. The summed E-state index contributed by atoms with van der Waals surface area (Å²) < 4.78 is 38.1. The van der Waals surface area contributed by atoms with Gasteiger partial charge in [-0.05, 0) is 12.3 Å². The van der Waals surface area contributed by atoms with Gasteiger partial charge in [0.2, 0.25) is 5.91 Å². The summed E-state index contributed by atoms with van der Waals surface area (Å²) in [6, 6.07) is -2.43. The van der Waals surface area contributed by atoms with Crippen LogP contribution in [0.5, 0.6) is 0 Å². The molecule has 1 aliphatic heterocycles. The molecular weight excluding hydrogens is 277 g/mol. The highest BCUT2D eigenvalue weighted by molar-refractivity contribution is 5.87. The highest BCUT2D eigenvalue weighted by Gasteiger charge is 2.51. The lowest BCUT2D eigenvalue weighted by Crippen LogP contribution is -2.51. The van der Waals surface area contributed by atoms with E-state index < -0.39 is 49.0 Å². The van der Waals surface area contributed by atoms with E-state index in [9.17, 15) is 22.8 Å². The minimum atomic E-state index is -4.51. The van der Waals surface area contributed by atoms with Gasteiger partial charge in [-0.2, -0.15) is 13.2 Å². The van der Waals surface area contributed by atoms with Gasteiger partial charge < -0.3 is 15.7 Å². The van der Waals surface area contributed by atoms with E-state index in [0.29, 0.717) is 6.42 Å². The summed E-state index contributed by atoms with van der Waals surface area (Å²) in [5.74, 6) is -4.18. The number of aliphatic carboxylic acids is 1. The number of nitrogens with zero attached hydrogens (tertiary/aromatic N) is 1. The Bertz CT molecular complexity index is 387. The standard InChI is InChI=1S/C12H19F3N2O3/c1-3-6(2)9(16)10(18)17-5-7(12(13,14)15)4-8(17)11(19)20/h6-9H,3-5,16H2,1-2H3,(H,19,20)/t6-,7+,8-,9-/m0/s1. The molecule has 3 N–H and O–H groups in total. The third-order valence-corrected chi connectivity index (χ3v) is 3.87. The van der Waals surface area contributed by atoms with Crippen LogP contribution in [0.2, 0.25) is 0 Å². The van der Waals surface area contributed by atoms with Crippen molar-refractivity contribution in [2.24, 2.45) is 17.6 Å². The number of carboxylic acid groups (broad SMARTS) is 1. The fourth-order valence-corrected chi connectivity index (χ4v) is 2.24. The van der Waals surface area contributed by atoms with Crippen molar-refractivity contribution in [3.8, 4) is 0 Å². The van der Waals surface area contributed by atoms with Crippen LogP contribution in [0.1, 0.15) is 26.7 Å². The molecule has 0 spiro atoms. The fraction of sp³-hybridized carbons (Fsp3) is 0.833. The highest BCUT2D eigenvalue weighted by Crippen LogP contribution is 2.37. The van der Waals surface area contributed by atoms with Gasteiger partial charge in [-0.1, -0.05) is 20.3 Å². The predicted octanol–water partition coefficient (Wildman–Crippen LogP) is 1.22. The number of carbonyl (C=O) groups excluding carboxylic acids is 1. The van der Waals surface area contributed by atoms with Gasteiger partial charge in [-0.3, -0.25) is 4.79 Å². The van der Waals surface area contributed by atoms with Crippen LogP contribution < -0.4 is 5.73 Å². The smallest absolute Gasteiger partial charge is 0.393 e. The molecule has 0 bridgehead atoms. The minimum absolute atomic E-state index is 0.220. The number of hydrogen-bond donors (Lipinski definition) is 2. The molecule has 4 atom stereocenters. The van der Waals surface area contributed by atoms with Crippen LogP contribution in [0.3, 0.4) is 0 Å². The Morgan fingerprint density at radius 2 is 2.00 bits per heavy atom. The first-order chi connectivity index (χ1) is 9.09. The van der Waals surface area contributed by atoms with Crippen molar-refractivity contribution in [1.29, 1.82) is 0 Å². The van der Waals surface area contributed by atoms with E-state index in [1.54, 1.807) is 13.8 Å². The summed E-state index contributed by atoms with van der Waals surface area (Å²) in [5, 5.41) is 8.99. The average molecular weight is 296 g/mol. The van der Waals surface area contributed by atoms with Gasteiger partial charge >= 0.3 is 12.1 Å². The molecule has 1 saturated heterocycles. The van der Waals surface area contributed by atoms with Crippen molar-refractivity contribution in [3.63, 3.8) is 0 Å². The van der Waals surface area contributed by atoms with Gasteiger partial charge in [0.1, 0.15) is 6.04 Å². The minimum Gasteiger partial charge on any atom is -0.480 e. The number of nitrogens with two attached hydrogens (primary N) is 1. The third-order valence-electron chi connectivity index (χ3n) is 3.87. The summed E-state index contributed by atoms with van der Waals surface area (Å²) in [7, 11) is 0. The molecule has 1 fully saturated rings. The lowest BCUT2D eigenvalue weighted by molar-refractivity contribution is -0.171. The first kappa shape index (κ1) is 16.7. The lowest BCUT2D eigenvalue weighted by atomic mass is 9.98. The topological polar surface area (TPSA) is 83.6 Å². The second-order valence-corrected chi connectivity index (χ2v) is 5.23. The second-order valence-electron chi connectivity index (χ2n) is 5.23. The van der Waals surface area contributed by atoms with Crippen molar-refractivity contribution in [2.75, 3.05) is 6.54 Å². The zero-order valence-electron chi connectivity index (χ0n) is 11.4. The Morgan fingerprint density at radius 3 is 2.40 bits per heavy atom. The molecular formula is C12H19F3N2O3. The number of carbonyl (C=O) groups is 2. The molecule has 0 saturated carbocycles. The van der Waals surface area contributed by atoms with E-state index in [1.807, 2.05) is 0 Å². The summed E-state index contributed by atoms with van der Waals surface area (Å²) in [6.07, 6.45) is -4.54.